The molecule has 1 aromatic rings. The molecule has 0 aliphatic carbocycles. The molecule has 20 heavy (non-hydrogen) atoms. The van der Waals surface area contributed by atoms with E-state index >= 15 is 0 Å². The minimum Gasteiger partial charge on any atom is -0.387 e. The average molecular weight is 282 g/mol. The lowest BCUT2D eigenvalue weighted by Gasteiger charge is -2.40. The minimum absolute atomic E-state index is 0.454. The number of rotatable bonds is 3. The highest BCUT2D eigenvalue weighted by Crippen LogP contribution is 2.29. The molecule has 0 aromatic heterocycles. The van der Waals surface area contributed by atoms with Crippen LogP contribution in [0.4, 0.5) is 0 Å². The monoisotopic (exact) mass is 282 g/mol. The summed E-state index contributed by atoms with van der Waals surface area (Å²) in [5.41, 5.74) is 1.32. The quantitative estimate of drug-likeness (QED) is 0.494. The van der Waals surface area contributed by atoms with Crippen LogP contribution in [0.3, 0.4) is 0 Å². The average Bonchev–Trinajstić information content (AvgIpc) is 2.48. The van der Waals surface area contributed by atoms with E-state index in [1.165, 1.54) is 0 Å². The van der Waals surface area contributed by atoms with Crippen LogP contribution in [-0.4, -0.2) is 56.2 Å². The van der Waals surface area contributed by atoms with E-state index in [0.717, 1.165) is 5.56 Å². The molecule has 1 heterocycles. The van der Waals surface area contributed by atoms with Crippen molar-refractivity contribution in [2.45, 2.75) is 36.8 Å². The van der Waals surface area contributed by atoms with E-state index in [4.69, 9.17) is 4.74 Å². The van der Waals surface area contributed by atoms with Gasteiger partial charge >= 0.3 is 0 Å². The molecule has 0 saturated carbocycles. The van der Waals surface area contributed by atoms with Crippen molar-refractivity contribution in [1.82, 2.24) is 0 Å². The molecule has 1 aromatic carbocycles. The van der Waals surface area contributed by atoms with Crippen LogP contribution < -0.4 is 0 Å². The van der Waals surface area contributed by atoms with E-state index in [1.807, 2.05) is 0 Å². The van der Waals surface area contributed by atoms with Crippen LogP contribution in [0.25, 0.3) is 6.08 Å². The Balaban J connectivity index is 2.18. The summed E-state index contributed by atoms with van der Waals surface area (Å²) >= 11 is 0. The molecule has 1 fully saturated rings. The van der Waals surface area contributed by atoms with E-state index in [9.17, 15) is 25.5 Å². The Morgan fingerprint density at radius 1 is 1.00 bits per heavy atom. The van der Waals surface area contributed by atoms with Crippen LogP contribution in [0.5, 0.6) is 0 Å². The zero-order valence-electron chi connectivity index (χ0n) is 10.7. The van der Waals surface area contributed by atoms with Gasteiger partial charge in [0.2, 0.25) is 0 Å². The maximum absolute atomic E-state index is 10.2. The van der Waals surface area contributed by atoms with Gasteiger partial charge in [-0.15, -0.1) is 0 Å². The van der Waals surface area contributed by atoms with Crippen LogP contribution in [0.1, 0.15) is 17.2 Å². The Bertz CT molecular complexity index is 459. The van der Waals surface area contributed by atoms with Crippen molar-refractivity contribution < 1.29 is 30.3 Å². The number of hydrogen-bond donors (Lipinski definition) is 5. The van der Waals surface area contributed by atoms with Crippen molar-refractivity contribution in [3.63, 3.8) is 0 Å². The first-order valence-corrected chi connectivity index (χ1v) is 6.24. The highest BCUT2D eigenvalue weighted by molar-refractivity contribution is 5.47. The largest absolute Gasteiger partial charge is 0.387 e. The fourth-order valence-corrected chi connectivity index (χ4v) is 2.17. The van der Waals surface area contributed by atoms with Crippen LogP contribution >= 0.6 is 0 Å². The Kier molecular flexibility index (Phi) is 4.54. The molecule has 6 atom stereocenters. The predicted molar refractivity (Wildman–Crippen MR) is 70.4 cm³/mol. The number of hydrogen-bond acceptors (Lipinski definition) is 6. The van der Waals surface area contributed by atoms with Gasteiger partial charge in [-0.05, 0) is 11.1 Å². The lowest BCUT2D eigenvalue weighted by Crippen LogP contribution is -2.58. The molecule has 6 heteroatoms. The summed E-state index contributed by atoms with van der Waals surface area (Å²) in [6, 6.07) is 6.70. The molecule has 0 radical (unpaired) electrons. The summed E-state index contributed by atoms with van der Waals surface area (Å²) in [4.78, 5) is 0. The summed E-state index contributed by atoms with van der Waals surface area (Å²) in [5, 5.41) is 48.4. The second-order valence-corrected chi connectivity index (χ2v) is 4.78. The van der Waals surface area contributed by atoms with Gasteiger partial charge in [-0.1, -0.05) is 36.9 Å². The first-order valence-electron chi connectivity index (χ1n) is 6.24. The Hall–Kier alpha value is -1.28. The van der Waals surface area contributed by atoms with E-state index in [2.05, 4.69) is 6.58 Å². The highest BCUT2D eigenvalue weighted by atomic mass is 16.6. The first-order chi connectivity index (χ1) is 9.45. The highest BCUT2D eigenvalue weighted by Gasteiger charge is 2.46. The molecule has 1 saturated heterocycles. The van der Waals surface area contributed by atoms with Gasteiger partial charge in [-0.25, -0.2) is 0 Å². The van der Waals surface area contributed by atoms with Gasteiger partial charge in [0.05, 0.1) is 0 Å². The van der Waals surface area contributed by atoms with E-state index in [-0.39, 0.29) is 0 Å². The molecule has 0 bridgehead atoms. The van der Waals surface area contributed by atoms with Crippen molar-refractivity contribution in [1.29, 1.82) is 0 Å². The van der Waals surface area contributed by atoms with Crippen LogP contribution in [-0.2, 0) is 4.74 Å². The molecule has 0 amide bonds. The van der Waals surface area contributed by atoms with Crippen molar-refractivity contribution in [3.05, 3.63) is 42.0 Å². The fraction of sp³-hybridized carbons (Fsp3) is 0.429. The SMILES string of the molecule is C=Cc1ccc([C@H](O)[C@H]2O[C@H](O)[C@H](O)[C@@H](O)[C@H]2O)cc1. The van der Waals surface area contributed by atoms with Gasteiger partial charge in [0, 0.05) is 0 Å². The number of aliphatic hydroxyl groups is 5. The standard InChI is InChI=1S/C14H18O6/c1-2-7-3-5-8(6-4-7)9(15)13-11(17)10(16)12(18)14(19)20-13/h2-6,9-19H,1H2/t9-,10-,11+,12+,13+,14-/m0/s1. The van der Waals surface area contributed by atoms with Crippen molar-refractivity contribution in [2.24, 2.45) is 0 Å². The van der Waals surface area contributed by atoms with Gasteiger partial charge < -0.3 is 30.3 Å². The second-order valence-electron chi connectivity index (χ2n) is 4.78. The third-order valence-corrected chi connectivity index (χ3v) is 3.45. The summed E-state index contributed by atoms with van der Waals surface area (Å²) in [5.74, 6) is 0. The molecule has 5 N–H and O–H groups in total. The van der Waals surface area contributed by atoms with Crippen LogP contribution in [0.2, 0.25) is 0 Å². The first kappa shape index (κ1) is 15.1. The maximum Gasteiger partial charge on any atom is 0.184 e. The van der Waals surface area contributed by atoms with Gasteiger partial charge in [0.1, 0.15) is 30.5 Å². The fourth-order valence-electron chi connectivity index (χ4n) is 2.17. The topological polar surface area (TPSA) is 110 Å². The lowest BCUT2D eigenvalue weighted by atomic mass is 9.92. The van der Waals surface area contributed by atoms with Gasteiger partial charge in [-0.2, -0.15) is 0 Å². The van der Waals surface area contributed by atoms with Gasteiger partial charge in [0.25, 0.3) is 0 Å². The van der Waals surface area contributed by atoms with Crippen LogP contribution in [0, 0.1) is 0 Å². The maximum atomic E-state index is 10.2. The normalized spacial score (nSPS) is 35.5. The number of benzene rings is 1. The van der Waals surface area contributed by atoms with E-state index in [0.29, 0.717) is 5.56 Å². The number of aliphatic hydroxyl groups excluding tert-OH is 5. The van der Waals surface area contributed by atoms with E-state index < -0.39 is 36.8 Å². The van der Waals surface area contributed by atoms with Crippen molar-refractivity contribution in [3.8, 4) is 0 Å². The minimum atomic E-state index is -1.67. The van der Waals surface area contributed by atoms with Gasteiger partial charge in [0.15, 0.2) is 6.29 Å². The summed E-state index contributed by atoms with van der Waals surface area (Å²) in [6.45, 7) is 3.61. The molecule has 0 spiro atoms. The van der Waals surface area contributed by atoms with Crippen molar-refractivity contribution >= 4 is 6.08 Å². The number of ether oxygens (including phenoxy) is 1. The Labute approximate surface area is 116 Å². The zero-order chi connectivity index (χ0) is 14.9. The lowest BCUT2D eigenvalue weighted by molar-refractivity contribution is -0.297. The molecule has 6 nitrogen and oxygen atoms in total. The van der Waals surface area contributed by atoms with Gasteiger partial charge in [-0.3, -0.25) is 0 Å². The third-order valence-electron chi connectivity index (χ3n) is 3.45. The smallest absolute Gasteiger partial charge is 0.184 e. The molecule has 110 valence electrons. The molecule has 1 aliphatic rings. The van der Waals surface area contributed by atoms with E-state index in [1.54, 1.807) is 30.3 Å². The second kappa shape index (κ2) is 6.01. The third kappa shape index (κ3) is 2.76. The summed E-state index contributed by atoms with van der Waals surface area (Å²) in [6.07, 6.45) is -7.23. The molecule has 1 aliphatic heterocycles. The molecular weight excluding hydrogens is 264 g/mol. The zero-order valence-corrected chi connectivity index (χ0v) is 10.7. The van der Waals surface area contributed by atoms with Crippen LogP contribution in [0.15, 0.2) is 30.8 Å². The summed E-state index contributed by atoms with van der Waals surface area (Å²) in [7, 11) is 0. The molecule has 2 rings (SSSR count). The Morgan fingerprint density at radius 3 is 2.15 bits per heavy atom. The summed E-state index contributed by atoms with van der Waals surface area (Å²) < 4.78 is 4.98. The van der Waals surface area contributed by atoms with Crippen molar-refractivity contribution in [2.75, 3.05) is 0 Å². The Morgan fingerprint density at radius 2 is 1.60 bits per heavy atom. The predicted octanol–water partition coefficient (Wildman–Crippen LogP) is -0.837. The molecule has 0 unspecified atom stereocenters. The molecular formula is C14H18O6.